The summed E-state index contributed by atoms with van der Waals surface area (Å²) in [5, 5.41) is 9.83. The molecule has 4 nitrogen and oxygen atoms in total. The fraction of sp³-hybridized carbons (Fsp3) is 0.647. The minimum absolute atomic E-state index is 0.111. The first-order chi connectivity index (χ1) is 10.2. The van der Waals surface area contributed by atoms with Gasteiger partial charge in [0.25, 0.3) is 0 Å². The Hall–Kier alpha value is -1.10. The van der Waals surface area contributed by atoms with Crippen molar-refractivity contribution in [1.82, 2.24) is 0 Å². The van der Waals surface area contributed by atoms with Gasteiger partial charge < -0.3 is 20.3 Å². The normalized spacial score (nSPS) is 19.1. The molecule has 3 N–H and O–H groups in total. The maximum Gasteiger partial charge on any atom is 0.119 e. The van der Waals surface area contributed by atoms with E-state index in [2.05, 4.69) is 13.0 Å². The molecule has 0 aliphatic heterocycles. The number of rotatable bonds is 8. The van der Waals surface area contributed by atoms with Crippen molar-refractivity contribution in [3.05, 3.63) is 29.3 Å². The van der Waals surface area contributed by atoms with Gasteiger partial charge in [0, 0.05) is 12.6 Å². The average molecular weight is 293 g/mol. The molecule has 1 aromatic carbocycles. The van der Waals surface area contributed by atoms with Crippen LogP contribution in [0.2, 0.25) is 0 Å². The molecule has 1 aromatic rings. The maximum atomic E-state index is 9.83. The molecule has 4 heteroatoms. The predicted molar refractivity (Wildman–Crippen MR) is 83.5 cm³/mol. The summed E-state index contributed by atoms with van der Waals surface area (Å²) in [6.07, 6.45) is 4.81. The predicted octanol–water partition coefficient (Wildman–Crippen LogP) is 2.58. The molecule has 1 unspecified atom stereocenters. The van der Waals surface area contributed by atoms with E-state index in [4.69, 9.17) is 15.2 Å². The fourth-order valence-electron chi connectivity index (χ4n) is 2.61. The van der Waals surface area contributed by atoms with Gasteiger partial charge in [0.2, 0.25) is 0 Å². The van der Waals surface area contributed by atoms with E-state index in [1.807, 2.05) is 12.1 Å². The Kier molecular flexibility index (Phi) is 6.49. The molecule has 0 aromatic heterocycles. The van der Waals surface area contributed by atoms with Crippen LogP contribution in [0.1, 0.15) is 49.8 Å². The topological polar surface area (TPSA) is 64.7 Å². The standard InChI is InChI=1S/C17H27NO3/c1-2-3-9-20-11-14(19)12-21-15-8-7-13-5-4-6-17(18)16(13)10-15/h7-8,10,14,17,19H,2-6,9,11-12,18H2,1H3/t14?,17-/m0/s1. The lowest BCUT2D eigenvalue weighted by Crippen LogP contribution is -2.24. The molecule has 0 spiro atoms. The number of aryl methyl sites for hydroxylation is 1. The molecule has 0 saturated heterocycles. The van der Waals surface area contributed by atoms with Crippen molar-refractivity contribution in [3.8, 4) is 5.75 Å². The van der Waals surface area contributed by atoms with E-state index in [9.17, 15) is 5.11 Å². The Morgan fingerprint density at radius 1 is 1.38 bits per heavy atom. The zero-order valence-corrected chi connectivity index (χ0v) is 12.9. The van der Waals surface area contributed by atoms with Crippen LogP contribution in [-0.4, -0.2) is 31.0 Å². The molecule has 0 saturated carbocycles. The highest BCUT2D eigenvalue weighted by atomic mass is 16.5. The van der Waals surface area contributed by atoms with Gasteiger partial charge in [-0.3, -0.25) is 0 Å². The number of hydrogen-bond acceptors (Lipinski definition) is 4. The van der Waals surface area contributed by atoms with Crippen molar-refractivity contribution in [2.45, 2.75) is 51.2 Å². The van der Waals surface area contributed by atoms with E-state index in [0.29, 0.717) is 13.2 Å². The van der Waals surface area contributed by atoms with Gasteiger partial charge in [-0.2, -0.15) is 0 Å². The molecule has 1 aliphatic rings. The number of fused-ring (bicyclic) bond motifs is 1. The quantitative estimate of drug-likeness (QED) is 0.723. The van der Waals surface area contributed by atoms with Gasteiger partial charge in [-0.25, -0.2) is 0 Å². The smallest absolute Gasteiger partial charge is 0.119 e. The van der Waals surface area contributed by atoms with Crippen LogP contribution in [0.15, 0.2) is 18.2 Å². The molecule has 0 radical (unpaired) electrons. The van der Waals surface area contributed by atoms with Gasteiger partial charge in [-0.15, -0.1) is 0 Å². The van der Waals surface area contributed by atoms with Crippen LogP contribution in [-0.2, 0) is 11.2 Å². The summed E-state index contributed by atoms with van der Waals surface area (Å²) in [4.78, 5) is 0. The van der Waals surface area contributed by atoms with Crippen molar-refractivity contribution in [2.24, 2.45) is 5.73 Å². The molecule has 118 valence electrons. The minimum atomic E-state index is -0.591. The number of aliphatic hydroxyl groups excluding tert-OH is 1. The van der Waals surface area contributed by atoms with Crippen molar-refractivity contribution < 1.29 is 14.6 Å². The highest BCUT2D eigenvalue weighted by Gasteiger charge is 2.17. The lowest BCUT2D eigenvalue weighted by atomic mass is 9.88. The summed E-state index contributed by atoms with van der Waals surface area (Å²) < 4.78 is 11.0. The van der Waals surface area contributed by atoms with Crippen LogP contribution >= 0.6 is 0 Å². The van der Waals surface area contributed by atoms with Gasteiger partial charge >= 0.3 is 0 Å². The van der Waals surface area contributed by atoms with Crippen LogP contribution in [0, 0.1) is 0 Å². The van der Waals surface area contributed by atoms with Crippen LogP contribution < -0.4 is 10.5 Å². The zero-order valence-electron chi connectivity index (χ0n) is 12.9. The number of nitrogens with two attached hydrogens (primary N) is 1. The van der Waals surface area contributed by atoms with Gasteiger partial charge in [0.1, 0.15) is 18.5 Å². The first kappa shape index (κ1) is 16.3. The first-order valence-electron chi connectivity index (χ1n) is 7.97. The third kappa shape index (κ3) is 4.99. The lowest BCUT2D eigenvalue weighted by molar-refractivity contribution is 0.0113. The van der Waals surface area contributed by atoms with Crippen molar-refractivity contribution >= 4 is 0 Å². The van der Waals surface area contributed by atoms with E-state index in [1.165, 1.54) is 11.1 Å². The molecule has 0 amide bonds. The number of benzene rings is 1. The highest BCUT2D eigenvalue weighted by molar-refractivity contribution is 5.39. The van der Waals surface area contributed by atoms with Crippen LogP contribution in [0.25, 0.3) is 0 Å². The van der Waals surface area contributed by atoms with Crippen molar-refractivity contribution in [2.75, 3.05) is 19.8 Å². The van der Waals surface area contributed by atoms with Crippen LogP contribution in [0.5, 0.6) is 5.75 Å². The number of hydrogen-bond donors (Lipinski definition) is 2. The van der Waals surface area contributed by atoms with Gasteiger partial charge in [-0.05, 0) is 48.9 Å². The minimum Gasteiger partial charge on any atom is -0.491 e. The highest BCUT2D eigenvalue weighted by Crippen LogP contribution is 2.30. The molecular weight excluding hydrogens is 266 g/mol. The number of unbranched alkanes of at least 4 members (excludes halogenated alkanes) is 1. The Morgan fingerprint density at radius 3 is 3.05 bits per heavy atom. The first-order valence-corrected chi connectivity index (χ1v) is 7.97. The zero-order chi connectivity index (χ0) is 15.1. The van der Waals surface area contributed by atoms with Gasteiger partial charge in [0.15, 0.2) is 0 Å². The Morgan fingerprint density at radius 2 is 2.24 bits per heavy atom. The molecule has 2 atom stereocenters. The van der Waals surface area contributed by atoms with Crippen LogP contribution in [0.4, 0.5) is 0 Å². The Labute approximate surface area is 127 Å². The summed E-state index contributed by atoms with van der Waals surface area (Å²) in [7, 11) is 0. The molecule has 0 heterocycles. The largest absolute Gasteiger partial charge is 0.491 e. The second-order valence-corrected chi connectivity index (χ2v) is 5.75. The number of aliphatic hydroxyl groups is 1. The third-order valence-corrected chi connectivity index (χ3v) is 3.87. The molecular formula is C17H27NO3. The summed E-state index contributed by atoms with van der Waals surface area (Å²) >= 11 is 0. The van der Waals surface area contributed by atoms with Crippen LogP contribution in [0.3, 0.4) is 0 Å². The average Bonchev–Trinajstić information content (AvgIpc) is 2.50. The lowest BCUT2D eigenvalue weighted by Gasteiger charge is -2.23. The van der Waals surface area contributed by atoms with E-state index in [-0.39, 0.29) is 12.6 Å². The molecule has 21 heavy (non-hydrogen) atoms. The molecule has 2 rings (SSSR count). The summed E-state index contributed by atoms with van der Waals surface area (Å²) in [5.41, 5.74) is 8.65. The third-order valence-electron chi connectivity index (χ3n) is 3.87. The van der Waals surface area contributed by atoms with E-state index in [1.54, 1.807) is 0 Å². The molecule has 1 aliphatic carbocycles. The second-order valence-electron chi connectivity index (χ2n) is 5.75. The Bertz CT molecular complexity index is 436. The van der Waals surface area contributed by atoms with E-state index >= 15 is 0 Å². The fourth-order valence-corrected chi connectivity index (χ4v) is 2.61. The maximum absolute atomic E-state index is 9.83. The Balaban J connectivity index is 1.79. The summed E-state index contributed by atoms with van der Waals surface area (Å²) in [6.45, 7) is 3.38. The van der Waals surface area contributed by atoms with E-state index < -0.39 is 6.10 Å². The second kappa shape index (κ2) is 8.37. The summed E-state index contributed by atoms with van der Waals surface area (Å²) in [5.74, 6) is 0.777. The van der Waals surface area contributed by atoms with E-state index in [0.717, 1.165) is 37.9 Å². The molecule has 0 bridgehead atoms. The number of ether oxygens (including phenoxy) is 2. The van der Waals surface area contributed by atoms with Crippen molar-refractivity contribution in [3.63, 3.8) is 0 Å². The van der Waals surface area contributed by atoms with Crippen molar-refractivity contribution in [1.29, 1.82) is 0 Å². The summed E-state index contributed by atoms with van der Waals surface area (Å²) in [6, 6.07) is 6.18. The molecule has 0 fully saturated rings. The SMILES string of the molecule is CCCCOCC(O)COc1ccc2c(c1)[C@@H](N)CCC2. The monoisotopic (exact) mass is 293 g/mol. The van der Waals surface area contributed by atoms with Gasteiger partial charge in [0.05, 0.1) is 6.61 Å². The van der Waals surface area contributed by atoms with Gasteiger partial charge in [-0.1, -0.05) is 19.4 Å².